The first kappa shape index (κ1) is 20.3. The quantitative estimate of drug-likeness (QED) is 0.691. The summed E-state index contributed by atoms with van der Waals surface area (Å²) in [4.78, 5) is 20.9. The number of ether oxygens (including phenoxy) is 1. The molecule has 7 nitrogen and oxygen atoms in total. The molecule has 27 heavy (non-hydrogen) atoms. The predicted molar refractivity (Wildman–Crippen MR) is 106 cm³/mol. The van der Waals surface area contributed by atoms with Gasteiger partial charge in [0.15, 0.2) is 0 Å². The van der Waals surface area contributed by atoms with Gasteiger partial charge in [0.25, 0.3) is 0 Å². The number of thiazole rings is 1. The zero-order valence-corrected chi connectivity index (χ0v) is 16.8. The van der Waals surface area contributed by atoms with Gasteiger partial charge in [0.05, 0.1) is 18.8 Å². The Bertz CT molecular complexity index is 643. The number of nitrogens with one attached hydrogen (secondary N) is 1. The monoisotopic (exact) mass is 394 g/mol. The molecule has 0 radical (unpaired) electrons. The number of aromatic nitrogens is 1. The highest BCUT2D eigenvalue weighted by Crippen LogP contribution is 2.34. The summed E-state index contributed by atoms with van der Waals surface area (Å²) in [6.45, 7) is 7.74. The van der Waals surface area contributed by atoms with Crippen LogP contribution < -0.4 is 5.32 Å². The van der Waals surface area contributed by atoms with E-state index < -0.39 is 5.60 Å². The van der Waals surface area contributed by atoms with Gasteiger partial charge in [0, 0.05) is 38.2 Å². The number of piperidine rings is 1. The molecule has 2 fully saturated rings. The number of urea groups is 1. The Hall–Kier alpha value is -1.48. The molecule has 0 bridgehead atoms. The van der Waals surface area contributed by atoms with E-state index in [2.05, 4.69) is 16.8 Å². The second-order valence-corrected chi connectivity index (χ2v) is 8.28. The van der Waals surface area contributed by atoms with E-state index in [1.165, 1.54) is 12.8 Å². The minimum absolute atomic E-state index is 0.103. The van der Waals surface area contributed by atoms with Crippen molar-refractivity contribution in [2.45, 2.75) is 43.9 Å². The second kappa shape index (κ2) is 9.14. The molecule has 0 saturated carbocycles. The molecule has 1 aromatic heterocycles. The highest BCUT2D eigenvalue weighted by Gasteiger charge is 2.37. The fourth-order valence-electron chi connectivity index (χ4n) is 3.86. The average Bonchev–Trinajstić information content (AvgIpc) is 3.31. The van der Waals surface area contributed by atoms with Gasteiger partial charge in [-0.2, -0.15) is 0 Å². The number of nitrogens with zero attached hydrogens (tertiary/aromatic N) is 3. The van der Waals surface area contributed by atoms with Crippen molar-refractivity contribution in [1.82, 2.24) is 20.1 Å². The minimum atomic E-state index is -0.944. The molecule has 2 aliphatic heterocycles. The maximum atomic E-state index is 12.0. The largest absolute Gasteiger partial charge is 0.383 e. The maximum Gasteiger partial charge on any atom is 0.317 e. The van der Waals surface area contributed by atoms with Crippen LogP contribution in [0.1, 0.15) is 36.4 Å². The first-order valence-corrected chi connectivity index (χ1v) is 10.5. The number of hydrogen-bond donors (Lipinski definition) is 2. The van der Waals surface area contributed by atoms with Gasteiger partial charge in [-0.1, -0.05) is 6.08 Å². The zero-order chi connectivity index (χ0) is 19.3. The molecule has 0 spiro atoms. The van der Waals surface area contributed by atoms with E-state index >= 15 is 0 Å². The van der Waals surface area contributed by atoms with E-state index in [1.807, 2.05) is 5.38 Å². The first-order valence-electron chi connectivity index (χ1n) is 9.59. The number of carbonyl (C=O) groups is 1. The van der Waals surface area contributed by atoms with E-state index in [1.54, 1.807) is 29.4 Å². The Morgan fingerprint density at radius 3 is 3.00 bits per heavy atom. The summed E-state index contributed by atoms with van der Waals surface area (Å²) in [5, 5.41) is 16.9. The zero-order valence-electron chi connectivity index (χ0n) is 16.0. The predicted octanol–water partition coefficient (Wildman–Crippen LogP) is 1.93. The molecule has 8 heteroatoms. The van der Waals surface area contributed by atoms with Crippen LogP contribution in [0.3, 0.4) is 0 Å². The maximum absolute atomic E-state index is 12.0. The van der Waals surface area contributed by atoms with E-state index in [9.17, 15) is 9.90 Å². The van der Waals surface area contributed by atoms with Crippen molar-refractivity contribution in [1.29, 1.82) is 0 Å². The molecule has 0 unspecified atom stereocenters. The SMILES string of the molecule is C=CCNC(=O)N1CCC(O)(c2csc(CN3CCC[C@@H]3COC)n2)CC1. The van der Waals surface area contributed by atoms with Crippen molar-refractivity contribution < 1.29 is 14.6 Å². The molecule has 2 N–H and O–H groups in total. The van der Waals surface area contributed by atoms with Crippen molar-refractivity contribution in [3.8, 4) is 0 Å². The van der Waals surface area contributed by atoms with Gasteiger partial charge in [-0.05, 0) is 32.2 Å². The number of aliphatic hydroxyl groups is 1. The smallest absolute Gasteiger partial charge is 0.317 e. The fourth-order valence-corrected chi connectivity index (χ4v) is 4.77. The van der Waals surface area contributed by atoms with Gasteiger partial charge < -0.3 is 20.1 Å². The van der Waals surface area contributed by atoms with Crippen molar-refractivity contribution >= 4 is 17.4 Å². The van der Waals surface area contributed by atoms with E-state index in [4.69, 9.17) is 9.72 Å². The number of methoxy groups -OCH3 is 1. The minimum Gasteiger partial charge on any atom is -0.383 e. The lowest BCUT2D eigenvalue weighted by Gasteiger charge is -2.37. The molecular formula is C19H30N4O3S. The molecule has 2 saturated heterocycles. The Labute approximate surface area is 165 Å². The van der Waals surface area contributed by atoms with Crippen LogP contribution in [0.4, 0.5) is 4.79 Å². The van der Waals surface area contributed by atoms with E-state index in [-0.39, 0.29) is 6.03 Å². The number of carbonyl (C=O) groups excluding carboxylic acids is 1. The number of likely N-dealkylation sites (tertiary alicyclic amines) is 2. The Balaban J connectivity index is 1.56. The fraction of sp³-hybridized carbons (Fsp3) is 0.684. The van der Waals surface area contributed by atoms with Gasteiger partial charge in [0.1, 0.15) is 10.6 Å². The molecule has 150 valence electrons. The van der Waals surface area contributed by atoms with Crippen LogP contribution in [0.25, 0.3) is 0 Å². The summed E-state index contributed by atoms with van der Waals surface area (Å²) < 4.78 is 5.32. The Kier molecular flexibility index (Phi) is 6.86. The van der Waals surface area contributed by atoms with Crippen molar-refractivity contribution in [3.63, 3.8) is 0 Å². The molecule has 2 amide bonds. The van der Waals surface area contributed by atoms with E-state index in [0.717, 1.165) is 30.4 Å². The topological polar surface area (TPSA) is 77.9 Å². The number of rotatable bonds is 7. The van der Waals surface area contributed by atoms with Crippen LogP contribution in [0.5, 0.6) is 0 Å². The first-order chi connectivity index (χ1) is 13.1. The number of hydrogen-bond acceptors (Lipinski definition) is 6. The van der Waals surface area contributed by atoms with Crippen LogP contribution in [-0.2, 0) is 16.9 Å². The second-order valence-electron chi connectivity index (χ2n) is 7.34. The van der Waals surface area contributed by atoms with Gasteiger partial charge >= 0.3 is 6.03 Å². The van der Waals surface area contributed by atoms with Gasteiger partial charge in [-0.25, -0.2) is 9.78 Å². The lowest BCUT2D eigenvalue weighted by atomic mass is 9.89. The summed E-state index contributed by atoms with van der Waals surface area (Å²) in [6, 6.07) is 0.358. The summed E-state index contributed by atoms with van der Waals surface area (Å²) >= 11 is 1.61. The highest BCUT2D eigenvalue weighted by molar-refractivity contribution is 7.09. The lowest BCUT2D eigenvalue weighted by molar-refractivity contribution is -0.0200. The van der Waals surface area contributed by atoms with Crippen LogP contribution in [0.15, 0.2) is 18.0 Å². The third kappa shape index (κ3) is 4.87. The third-order valence-corrected chi connectivity index (χ3v) is 6.33. The van der Waals surface area contributed by atoms with E-state index in [0.29, 0.717) is 38.5 Å². The Morgan fingerprint density at radius 1 is 1.52 bits per heavy atom. The van der Waals surface area contributed by atoms with Gasteiger partial charge in [-0.15, -0.1) is 17.9 Å². The number of amides is 2. The van der Waals surface area contributed by atoms with Crippen LogP contribution in [0.2, 0.25) is 0 Å². The normalized spacial score (nSPS) is 22.7. The molecule has 3 rings (SSSR count). The standard InChI is InChI=1S/C19H30N4O3S/c1-3-8-20-18(24)22-10-6-19(25,7-11-22)16-14-27-17(21-16)12-23-9-4-5-15(23)13-26-2/h3,14-15,25H,1,4-13H2,2H3,(H,20,24)/t15-/m1/s1. The molecule has 0 aliphatic carbocycles. The summed E-state index contributed by atoms with van der Waals surface area (Å²) in [7, 11) is 1.75. The van der Waals surface area contributed by atoms with Crippen molar-refractivity contribution in [2.75, 3.05) is 39.9 Å². The summed E-state index contributed by atoms with van der Waals surface area (Å²) in [5.41, 5.74) is -0.197. The van der Waals surface area contributed by atoms with Gasteiger partial charge in [0.2, 0.25) is 0 Å². The molecule has 1 aromatic rings. The molecule has 3 heterocycles. The molecular weight excluding hydrogens is 364 g/mol. The van der Waals surface area contributed by atoms with Crippen LogP contribution >= 0.6 is 11.3 Å². The summed E-state index contributed by atoms with van der Waals surface area (Å²) in [6.07, 6.45) is 5.04. The summed E-state index contributed by atoms with van der Waals surface area (Å²) in [5.74, 6) is 0. The molecule has 0 aromatic carbocycles. The van der Waals surface area contributed by atoms with Crippen LogP contribution in [0, 0.1) is 0 Å². The van der Waals surface area contributed by atoms with Crippen molar-refractivity contribution in [2.24, 2.45) is 0 Å². The Morgan fingerprint density at radius 2 is 2.30 bits per heavy atom. The molecule has 2 aliphatic rings. The third-order valence-electron chi connectivity index (χ3n) is 5.50. The van der Waals surface area contributed by atoms with Crippen molar-refractivity contribution in [3.05, 3.63) is 28.7 Å². The lowest BCUT2D eigenvalue weighted by Crippen LogP contribution is -2.48. The molecule has 1 atom stereocenters. The van der Waals surface area contributed by atoms with Gasteiger partial charge in [-0.3, -0.25) is 4.90 Å². The highest BCUT2D eigenvalue weighted by atomic mass is 32.1. The van der Waals surface area contributed by atoms with Crippen LogP contribution in [-0.4, -0.2) is 71.9 Å². The average molecular weight is 395 g/mol.